The molecule has 0 radical (unpaired) electrons. The van der Waals surface area contributed by atoms with Crippen LogP contribution < -0.4 is 0 Å². The van der Waals surface area contributed by atoms with E-state index in [9.17, 15) is 22.4 Å². The molecule has 0 aliphatic carbocycles. The maximum absolute atomic E-state index is 13.7. The molecule has 0 atom stereocenters. The highest BCUT2D eigenvalue weighted by Crippen LogP contribution is 2.33. The number of rotatable bonds is 2. The van der Waals surface area contributed by atoms with E-state index in [0.29, 0.717) is 0 Å². The Hall–Kier alpha value is -1.88. The summed E-state index contributed by atoms with van der Waals surface area (Å²) in [5.41, 5.74) is -0.961. The van der Waals surface area contributed by atoms with Gasteiger partial charge in [-0.2, -0.15) is 13.2 Å². The number of carbonyl (C=O) groups excluding carboxylic acids is 1. The fourth-order valence-corrected chi connectivity index (χ4v) is 1.85. The lowest BCUT2D eigenvalue weighted by molar-refractivity contribution is -0.137. The molecule has 0 saturated carbocycles. The molecule has 0 heterocycles. The minimum absolute atomic E-state index is 0.0143. The lowest BCUT2D eigenvalue weighted by atomic mass is 10.0. The molecule has 104 valence electrons. The van der Waals surface area contributed by atoms with Crippen LogP contribution in [0.2, 0.25) is 0 Å². The molecule has 0 N–H and O–H groups in total. The van der Waals surface area contributed by atoms with Crippen molar-refractivity contribution in [3.05, 3.63) is 59.4 Å². The second-order valence-electron chi connectivity index (χ2n) is 4.05. The van der Waals surface area contributed by atoms with Gasteiger partial charge in [0.1, 0.15) is 5.82 Å². The highest BCUT2D eigenvalue weighted by molar-refractivity contribution is 6.67. The standard InChI is InChI=1S/C14H7ClF4O/c15-13(20)9-4-5-12(16)11(7-9)8-2-1-3-10(6-8)14(17,18)19/h1-7H. The van der Waals surface area contributed by atoms with Crippen LogP contribution in [-0.4, -0.2) is 5.24 Å². The summed E-state index contributed by atoms with van der Waals surface area (Å²) in [4.78, 5) is 11.0. The van der Waals surface area contributed by atoms with Crippen LogP contribution in [0.3, 0.4) is 0 Å². The first-order chi connectivity index (χ1) is 9.29. The summed E-state index contributed by atoms with van der Waals surface area (Å²) in [6.07, 6.45) is -4.52. The molecule has 0 unspecified atom stereocenters. The quantitative estimate of drug-likeness (QED) is 0.570. The van der Waals surface area contributed by atoms with Crippen LogP contribution in [0.25, 0.3) is 11.1 Å². The molecule has 2 aromatic carbocycles. The van der Waals surface area contributed by atoms with Crippen LogP contribution in [0, 0.1) is 5.82 Å². The highest BCUT2D eigenvalue weighted by atomic mass is 35.5. The van der Waals surface area contributed by atoms with Gasteiger partial charge in [-0.15, -0.1) is 0 Å². The smallest absolute Gasteiger partial charge is 0.276 e. The lowest BCUT2D eigenvalue weighted by Crippen LogP contribution is -2.04. The third-order valence-corrected chi connectivity index (χ3v) is 2.91. The largest absolute Gasteiger partial charge is 0.416 e. The molecule has 0 aliphatic rings. The molecule has 20 heavy (non-hydrogen) atoms. The van der Waals surface area contributed by atoms with Crippen molar-refractivity contribution < 1.29 is 22.4 Å². The summed E-state index contributed by atoms with van der Waals surface area (Å²) >= 11 is 5.28. The van der Waals surface area contributed by atoms with Crippen molar-refractivity contribution in [3.8, 4) is 11.1 Å². The van der Waals surface area contributed by atoms with E-state index in [-0.39, 0.29) is 16.7 Å². The van der Waals surface area contributed by atoms with Crippen LogP contribution in [-0.2, 0) is 6.18 Å². The Bertz CT molecular complexity index is 664. The first kappa shape index (κ1) is 14.5. The van der Waals surface area contributed by atoms with Crippen LogP contribution in [0.15, 0.2) is 42.5 Å². The zero-order valence-corrected chi connectivity index (χ0v) is 10.6. The minimum atomic E-state index is -4.52. The van der Waals surface area contributed by atoms with Crippen LogP contribution in [0.1, 0.15) is 15.9 Å². The van der Waals surface area contributed by atoms with Gasteiger partial charge in [0, 0.05) is 11.1 Å². The Balaban J connectivity index is 2.57. The zero-order valence-electron chi connectivity index (χ0n) is 9.84. The van der Waals surface area contributed by atoms with Crippen LogP contribution >= 0.6 is 11.6 Å². The number of alkyl halides is 3. The average Bonchev–Trinajstić information content (AvgIpc) is 2.38. The molecule has 0 amide bonds. The highest BCUT2D eigenvalue weighted by Gasteiger charge is 2.30. The van der Waals surface area contributed by atoms with Gasteiger partial charge >= 0.3 is 6.18 Å². The summed E-state index contributed by atoms with van der Waals surface area (Å²) in [5, 5.41) is -0.807. The Kier molecular flexibility index (Phi) is 3.81. The van der Waals surface area contributed by atoms with Gasteiger partial charge in [0.05, 0.1) is 5.56 Å². The maximum atomic E-state index is 13.7. The van der Waals surface area contributed by atoms with Gasteiger partial charge in [-0.1, -0.05) is 12.1 Å². The number of halogens is 5. The van der Waals surface area contributed by atoms with Crippen molar-refractivity contribution in [2.45, 2.75) is 6.18 Å². The van der Waals surface area contributed by atoms with Crippen LogP contribution in [0.5, 0.6) is 0 Å². The van der Waals surface area contributed by atoms with Crippen LogP contribution in [0.4, 0.5) is 17.6 Å². The molecule has 1 nitrogen and oxygen atoms in total. The monoisotopic (exact) mass is 302 g/mol. The fourth-order valence-electron chi connectivity index (χ4n) is 1.73. The molecule has 0 saturated heterocycles. The van der Waals surface area contributed by atoms with Gasteiger partial charge in [0.15, 0.2) is 0 Å². The fraction of sp³-hybridized carbons (Fsp3) is 0.0714. The van der Waals surface area contributed by atoms with Gasteiger partial charge < -0.3 is 0 Å². The number of carbonyl (C=O) groups is 1. The molecule has 0 spiro atoms. The first-order valence-corrected chi connectivity index (χ1v) is 5.84. The summed E-state index contributed by atoms with van der Waals surface area (Å²) in [6.45, 7) is 0. The van der Waals surface area contributed by atoms with Gasteiger partial charge in [0.25, 0.3) is 5.24 Å². The van der Waals surface area contributed by atoms with Crippen molar-refractivity contribution in [2.24, 2.45) is 0 Å². The number of benzene rings is 2. The SMILES string of the molecule is O=C(Cl)c1ccc(F)c(-c2cccc(C(F)(F)F)c2)c1. The number of hydrogen-bond acceptors (Lipinski definition) is 1. The van der Waals surface area contributed by atoms with E-state index in [1.54, 1.807) is 0 Å². The van der Waals surface area contributed by atoms with Gasteiger partial charge in [-0.05, 0) is 47.5 Å². The Morgan fingerprint density at radius 3 is 2.35 bits per heavy atom. The van der Waals surface area contributed by atoms with E-state index in [1.807, 2.05) is 0 Å². The summed E-state index contributed by atoms with van der Waals surface area (Å²) in [6, 6.07) is 7.49. The third-order valence-electron chi connectivity index (χ3n) is 2.69. The van der Waals surface area contributed by atoms with Gasteiger partial charge in [-0.3, -0.25) is 4.79 Å². The molecule has 0 aliphatic heterocycles. The third kappa shape index (κ3) is 2.99. The molecule has 2 aromatic rings. The minimum Gasteiger partial charge on any atom is -0.276 e. The average molecular weight is 303 g/mol. The van der Waals surface area contributed by atoms with E-state index in [2.05, 4.69) is 0 Å². The second-order valence-corrected chi connectivity index (χ2v) is 4.39. The van der Waals surface area contributed by atoms with E-state index in [0.717, 1.165) is 24.3 Å². The summed E-state index contributed by atoms with van der Waals surface area (Å²) in [7, 11) is 0. The van der Waals surface area contributed by atoms with Crippen molar-refractivity contribution in [1.29, 1.82) is 0 Å². The van der Waals surface area contributed by atoms with Crippen molar-refractivity contribution in [1.82, 2.24) is 0 Å². The molecule has 2 rings (SSSR count). The predicted octanol–water partition coefficient (Wildman–Crippen LogP) is 4.89. The van der Waals surface area contributed by atoms with Crippen molar-refractivity contribution in [3.63, 3.8) is 0 Å². The molecular weight excluding hydrogens is 296 g/mol. The Morgan fingerprint density at radius 2 is 1.75 bits per heavy atom. The molecule has 0 aromatic heterocycles. The summed E-state index contributed by atoms with van der Waals surface area (Å²) in [5.74, 6) is -0.731. The van der Waals surface area contributed by atoms with Gasteiger partial charge in [0.2, 0.25) is 0 Å². The van der Waals surface area contributed by atoms with Crippen molar-refractivity contribution in [2.75, 3.05) is 0 Å². The van der Waals surface area contributed by atoms with Crippen molar-refractivity contribution >= 4 is 16.8 Å². The molecular formula is C14H7ClF4O. The maximum Gasteiger partial charge on any atom is 0.416 e. The number of hydrogen-bond donors (Lipinski definition) is 0. The second kappa shape index (κ2) is 5.25. The van der Waals surface area contributed by atoms with E-state index < -0.39 is 22.8 Å². The predicted molar refractivity (Wildman–Crippen MR) is 67.0 cm³/mol. The molecule has 0 bridgehead atoms. The normalized spacial score (nSPS) is 11.4. The zero-order chi connectivity index (χ0) is 14.9. The van der Waals surface area contributed by atoms with Gasteiger partial charge in [-0.25, -0.2) is 4.39 Å². The van der Waals surface area contributed by atoms with E-state index in [4.69, 9.17) is 11.6 Å². The Labute approximate surface area is 116 Å². The van der Waals surface area contributed by atoms with E-state index >= 15 is 0 Å². The summed E-state index contributed by atoms with van der Waals surface area (Å²) < 4.78 is 51.6. The lowest BCUT2D eigenvalue weighted by Gasteiger charge is -2.10. The first-order valence-electron chi connectivity index (χ1n) is 5.46. The Morgan fingerprint density at radius 1 is 1.05 bits per heavy atom. The molecule has 0 fully saturated rings. The topological polar surface area (TPSA) is 17.1 Å². The van der Waals surface area contributed by atoms with E-state index in [1.165, 1.54) is 18.2 Å². The molecule has 6 heteroatoms.